The monoisotopic (exact) mass is 460 g/mol. The zero-order valence-electron chi connectivity index (χ0n) is 19.1. The van der Waals surface area contributed by atoms with Crippen LogP contribution in [0.25, 0.3) is 0 Å². The van der Waals surface area contributed by atoms with Crippen molar-refractivity contribution in [2.24, 2.45) is 0 Å². The summed E-state index contributed by atoms with van der Waals surface area (Å²) in [5, 5.41) is 3.08. The molecule has 0 bridgehead atoms. The SMILES string of the molecule is O=C(NCc1ccccc1C1CCN(Cc2ccc(F)cc2)CC1)c1cccc2c1OCCO2. The van der Waals surface area contributed by atoms with E-state index in [1.54, 1.807) is 6.07 Å². The first kappa shape index (κ1) is 22.4. The molecule has 0 atom stereocenters. The molecule has 1 fully saturated rings. The number of nitrogens with one attached hydrogen (secondary N) is 1. The van der Waals surface area contributed by atoms with Gasteiger partial charge in [0.15, 0.2) is 11.5 Å². The van der Waals surface area contributed by atoms with Crippen molar-refractivity contribution in [1.82, 2.24) is 10.2 Å². The lowest BCUT2D eigenvalue weighted by Crippen LogP contribution is -2.33. The molecule has 0 radical (unpaired) electrons. The highest BCUT2D eigenvalue weighted by Gasteiger charge is 2.24. The van der Waals surface area contributed by atoms with Crippen LogP contribution >= 0.6 is 0 Å². The first-order chi connectivity index (χ1) is 16.7. The number of piperidine rings is 1. The summed E-state index contributed by atoms with van der Waals surface area (Å²) in [5.41, 5.74) is 4.10. The van der Waals surface area contributed by atoms with Gasteiger partial charge in [-0.3, -0.25) is 9.69 Å². The number of benzene rings is 3. The Balaban J connectivity index is 1.21. The fourth-order valence-electron chi connectivity index (χ4n) is 4.87. The largest absolute Gasteiger partial charge is 0.486 e. The number of carbonyl (C=O) groups is 1. The van der Waals surface area contributed by atoms with Crippen LogP contribution in [0.2, 0.25) is 0 Å². The Kier molecular flexibility index (Phi) is 6.77. The second-order valence-corrected chi connectivity index (χ2v) is 8.89. The maximum Gasteiger partial charge on any atom is 0.255 e. The number of hydrogen-bond acceptors (Lipinski definition) is 4. The number of amides is 1. The van der Waals surface area contributed by atoms with Crippen LogP contribution in [-0.2, 0) is 13.1 Å². The molecular weight excluding hydrogens is 431 g/mol. The van der Waals surface area contributed by atoms with Gasteiger partial charge in [-0.1, -0.05) is 42.5 Å². The van der Waals surface area contributed by atoms with Gasteiger partial charge in [0, 0.05) is 13.1 Å². The van der Waals surface area contributed by atoms with Crippen LogP contribution in [0.4, 0.5) is 4.39 Å². The van der Waals surface area contributed by atoms with Crippen LogP contribution in [0, 0.1) is 5.82 Å². The highest BCUT2D eigenvalue weighted by Crippen LogP contribution is 2.34. The summed E-state index contributed by atoms with van der Waals surface area (Å²) in [4.78, 5) is 15.4. The van der Waals surface area contributed by atoms with Gasteiger partial charge in [-0.2, -0.15) is 0 Å². The number of carbonyl (C=O) groups excluding carboxylic acids is 1. The smallest absolute Gasteiger partial charge is 0.255 e. The first-order valence-electron chi connectivity index (χ1n) is 11.9. The quantitative estimate of drug-likeness (QED) is 0.568. The van der Waals surface area contributed by atoms with Crippen LogP contribution in [0.3, 0.4) is 0 Å². The standard InChI is InChI=1S/C28H29FN2O3/c29-23-10-8-20(9-11-23)19-31-14-12-21(13-15-31)24-5-2-1-4-22(24)18-30-28(32)25-6-3-7-26-27(25)34-17-16-33-26/h1-11,21H,12-19H2,(H,30,32). The Hall–Kier alpha value is -3.38. The predicted molar refractivity (Wildman–Crippen MR) is 129 cm³/mol. The van der Waals surface area contributed by atoms with Crippen LogP contribution in [0.5, 0.6) is 11.5 Å². The summed E-state index contributed by atoms with van der Waals surface area (Å²) in [7, 11) is 0. The molecule has 1 amide bonds. The minimum atomic E-state index is -0.195. The van der Waals surface area contributed by atoms with Gasteiger partial charge in [0.05, 0.1) is 5.56 Å². The second-order valence-electron chi connectivity index (χ2n) is 8.89. The Morgan fingerprint density at radius 3 is 2.53 bits per heavy atom. The minimum absolute atomic E-state index is 0.161. The first-order valence-corrected chi connectivity index (χ1v) is 11.9. The number of ether oxygens (including phenoxy) is 2. The van der Waals surface area contributed by atoms with E-state index in [0.717, 1.165) is 43.6 Å². The number of nitrogens with zero attached hydrogens (tertiary/aromatic N) is 1. The van der Waals surface area contributed by atoms with Crippen molar-refractivity contribution in [3.8, 4) is 11.5 Å². The molecule has 3 aromatic carbocycles. The minimum Gasteiger partial charge on any atom is -0.486 e. The molecule has 2 heterocycles. The summed E-state index contributed by atoms with van der Waals surface area (Å²) in [6.07, 6.45) is 2.12. The van der Waals surface area contributed by atoms with Gasteiger partial charge in [-0.05, 0) is 72.8 Å². The molecule has 2 aliphatic heterocycles. The Bertz CT molecular complexity index is 1140. The summed E-state index contributed by atoms with van der Waals surface area (Å²) in [6.45, 7) is 4.24. The van der Waals surface area contributed by atoms with E-state index in [-0.39, 0.29) is 11.7 Å². The molecule has 34 heavy (non-hydrogen) atoms. The molecule has 5 rings (SSSR count). The lowest BCUT2D eigenvalue weighted by molar-refractivity contribution is 0.0939. The fourth-order valence-corrected chi connectivity index (χ4v) is 4.87. The van der Waals surface area contributed by atoms with Crippen LogP contribution in [0.15, 0.2) is 66.7 Å². The number of likely N-dealkylation sites (tertiary alicyclic amines) is 1. The van der Waals surface area contributed by atoms with Crippen LogP contribution in [-0.4, -0.2) is 37.1 Å². The molecule has 5 nitrogen and oxygen atoms in total. The van der Waals surface area contributed by atoms with Gasteiger partial charge in [0.2, 0.25) is 0 Å². The normalized spacial score (nSPS) is 16.3. The van der Waals surface area contributed by atoms with Crippen LogP contribution in [0.1, 0.15) is 45.8 Å². The van der Waals surface area contributed by atoms with E-state index < -0.39 is 0 Å². The Labute approximate surface area is 199 Å². The average molecular weight is 461 g/mol. The molecule has 176 valence electrons. The summed E-state index contributed by atoms with van der Waals surface area (Å²) >= 11 is 0. The molecule has 1 N–H and O–H groups in total. The molecule has 2 aliphatic rings. The van der Waals surface area contributed by atoms with Crippen LogP contribution < -0.4 is 14.8 Å². The topological polar surface area (TPSA) is 50.8 Å². The molecule has 3 aromatic rings. The third-order valence-electron chi connectivity index (χ3n) is 6.65. The lowest BCUT2D eigenvalue weighted by atomic mass is 9.86. The fraction of sp³-hybridized carbons (Fsp3) is 0.321. The lowest BCUT2D eigenvalue weighted by Gasteiger charge is -2.33. The van der Waals surface area contributed by atoms with Crippen molar-refractivity contribution in [3.63, 3.8) is 0 Å². The number of para-hydroxylation sites is 1. The maximum atomic E-state index is 13.2. The second kappa shape index (κ2) is 10.3. The predicted octanol–water partition coefficient (Wildman–Crippen LogP) is 4.91. The molecule has 1 saturated heterocycles. The molecule has 0 aliphatic carbocycles. The number of hydrogen-bond donors (Lipinski definition) is 1. The van der Waals surface area contributed by atoms with E-state index in [2.05, 4.69) is 28.4 Å². The van der Waals surface area contributed by atoms with E-state index in [0.29, 0.717) is 42.7 Å². The van der Waals surface area contributed by atoms with Crippen molar-refractivity contribution < 1.29 is 18.7 Å². The number of rotatable bonds is 6. The van der Waals surface area contributed by atoms with Crippen molar-refractivity contribution in [1.29, 1.82) is 0 Å². The number of fused-ring (bicyclic) bond motifs is 1. The molecule has 0 unspecified atom stereocenters. The average Bonchev–Trinajstić information content (AvgIpc) is 2.89. The van der Waals surface area contributed by atoms with Gasteiger partial charge in [-0.25, -0.2) is 4.39 Å². The molecule has 0 aromatic heterocycles. The third-order valence-corrected chi connectivity index (χ3v) is 6.65. The van der Waals surface area contributed by atoms with Crippen molar-refractivity contribution in [2.75, 3.05) is 26.3 Å². The van der Waals surface area contributed by atoms with Gasteiger partial charge < -0.3 is 14.8 Å². The molecule has 0 spiro atoms. The van der Waals surface area contributed by atoms with E-state index in [1.165, 1.54) is 17.7 Å². The molecular formula is C28H29FN2O3. The zero-order valence-corrected chi connectivity index (χ0v) is 19.1. The summed E-state index contributed by atoms with van der Waals surface area (Å²) in [5.74, 6) is 1.24. The van der Waals surface area contributed by atoms with Gasteiger partial charge >= 0.3 is 0 Å². The molecule has 0 saturated carbocycles. The van der Waals surface area contributed by atoms with E-state index in [1.807, 2.05) is 30.3 Å². The molecule has 6 heteroatoms. The van der Waals surface area contributed by atoms with Crippen molar-refractivity contribution in [2.45, 2.75) is 31.8 Å². The number of halogens is 1. The summed E-state index contributed by atoms with van der Waals surface area (Å²) in [6, 6.07) is 20.6. The van der Waals surface area contributed by atoms with Gasteiger partial charge in [0.1, 0.15) is 19.0 Å². The van der Waals surface area contributed by atoms with E-state index >= 15 is 0 Å². The summed E-state index contributed by atoms with van der Waals surface area (Å²) < 4.78 is 24.5. The Morgan fingerprint density at radius 1 is 0.941 bits per heavy atom. The van der Waals surface area contributed by atoms with Gasteiger partial charge in [0.25, 0.3) is 5.91 Å². The highest BCUT2D eigenvalue weighted by atomic mass is 19.1. The van der Waals surface area contributed by atoms with Crippen molar-refractivity contribution >= 4 is 5.91 Å². The maximum absolute atomic E-state index is 13.2. The zero-order chi connectivity index (χ0) is 23.3. The van der Waals surface area contributed by atoms with Crippen molar-refractivity contribution in [3.05, 3.63) is 94.8 Å². The Morgan fingerprint density at radius 2 is 1.71 bits per heavy atom. The van der Waals surface area contributed by atoms with E-state index in [9.17, 15) is 9.18 Å². The van der Waals surface area contributed by atoms with E-state index in [4.69, 9.17) is 9.47 Å². The van der Waals surface area contributed by atoms with Gasteiger partial charge in [-0.15, -0.1) is 0 Å². The third kappa shape index (κ3) is 5.07. The highest BCUT2D eigenvalue weighted by molar-refractivity contribution is 5.97.